The molecule has 0 radical (unpaired) electrons. The monoisotopic (exact) mass is 588 g/mol. The smallest absolute Gasteiger partial charge is 0.333 e. The molecule has 42 heavy (non-hydrogen) atoms. The number of nitrogens with one attached hydrogen (secondary N) is 4. The zero-order chi connectivity index (χ0) is 31.3. The van der Waals surface area contributed by atoms with Crippen molar-refractivity contribution in [3.05, 3.63) is 54.6 Å². The third kappa shape index (κ3) is 15.3. The van der Waals surface area contributed by atoms with Gasteiger partial charge < -0.3 is 40.5 Å². The number of amides is 6. The first-order valence-electron chi connectivity index (χ1n) is 13.9. The summed E-state index contributed by atoms with van der Waals surface area (Å²) in [6.07, 6.45) is 1.63. The van der Waals surface area contributed by atoms with Gasteiger partial charge in [-0.3, -0.25) is 0 Å². The zero-order valence-corrected chi connectivity index (χ0v) is 24.8. The molecule has 0 atom stereocenters. The molecule has 1 aromatic carbocycles. The molecule has 0 aromatic heterocycles. The van der Waals surface area contributed by atoms with Gasteiger partial charge in [0.05, 0.1) is 13.1 Å². The highest BCUT2D eigenvalue weighted by Gasteiger charge is 2.19. The predicted octanol–water partition coefficient (Wildman–Crippen LogP) is 2.87. The Morgan fingerprint density at radius 1 is 0.714 bits per heavy atom. The highest BCUT2D eigenvalue weighted by molar-refractivity contribution is 5.89. The Morgan fingerprint density at radius 3 is 1.79 bits per heavy atom. The van der Waals surface area contributed by atoms with Crippen molar-refractivity contribution in [2.75, 3.05) is 64.3 Å². The van der Waals surface area contributed by atoms with Gasteiger partial charge in [0.2, 0.25) is 0 Å². The van der Waals surface area contributed by atoms with Gasteiger partial charge in [0, 0.05) is 49.6 Å². The highest BCUT2D eigenvalue weighted by atomic mass is 16.5. The number of urea groups is 3. The molecular weight excluding hydrogens is 544 g/mol. The van der Waals surface area contributed by atoms with Crippen molar-refractivity contribution in [1.82, 2.24) is 25.8 Å². The molecule has 232 valence electrons. The number of unbranched alkanes of at least 4 members (excludes halogenated alkanes) is 1. The summed E-state index contributed by atoms with van der Waals surface area (Å²) in [7, 11) is 0. The summed E-state index contributed by atoms with van der Waals surface area (Å²) >= 11 is 0. The number of para-hydroxylation sites is 1. The summed E-state index contributed by atoms with van der Waals surface area (Å²) < 4.78 is 9.95. The molecule has 0 aliphatic heterocycles. The van der Waals surface area contributed by atoms with Crippen molar-refractivity contribution >= 4 is 35.7 Å². The van der Waals surface area contributed by atoms with Crippen LogP contribution in [0.1, 0.15) is 33.6 Å². The third-order valence-electron chi connectivity index (χ3n) is 5.62. The second-order valence-corrected chi connectivity index (χ2v) is 9.37. The van der Waals surface area contributed by atoms with Gasteiger partial charge >= 0.3 is 30.0 Å². The van der Waals surface area contributed by atoms with Crippen molar-refractivity contribution in [2.24, 2.45) is 0 Å². The fourth-order valence-corrected chi connectivity index (χ4v) is 3.28. The lowest BCUT2D eigenvalue weighted by Crippen LogP contribution is -2.49. The molecule has 0 saturated heterocycles. The fraction of sp³-hybridized carbons (Fsp3) is 0.483. The maximum absolute atomic E-state index is 13.1. The van der Waals surface area contributed by atoms with E-state index in [0.717, 1.165) is 12.8 Å². The van der Waals surface area contributed by atoms with E-state index in [2.05, 4.69) is 34.4 Å². The van der Waals surface area contributed by atoms with Crippen LogP contribution in [0, 0.1) is 0 Å². The summed E-state index contributed by atoms with van der Waals surface area (Å²) in [5.41, 5.74) is 1.14. The number of hydrogen-bond donors (Lipinski definition) is 4. The maximum Gasteiger partial charge on any atom is 0.333 e. The van der Waals surface area contributed by atoms with Crippen LogP contribution in [0.3, 0.4) is 0 Å². The third-order valence-corrected chi connectivity index (χ3v) is 5.62. The van der Waals surface area contributed by atoms with E-state index in [1.165, 1.54) is 11.8 Å². The number of rotatable bonds is 18. The minimum Gasteiger partial charge on any atom is -0.460 e. The van der Waals surface area contributed by atoms with E-state index in [0.29, 0.717) is 12.2 Å². The summed E-state index contributed by atoms with van der Waals surface area (Å²) in [4.78, 5) is 64.1. The van der Waals surface area contributed by atoms with Gasteiger partial charge in [-0.05, 0) is 32.4 Å². The first-order valence-corrected chi connectivity index (χ1v) is 13.9. The van der Waals surface area contributed by atoms with Gasteiger partial charge in [0.1, 0.15) is 13.2 Å². The molecule has 0 bridgehead atoms. The maximum atomic E-state index is 13.1. The number of ether oxygens (including phenoxy) is 2. The molecule has 13 heteroatoms. The summed E-state index contributed by atoms with van der Waals surface area (Å²) in [5, 5.41) is 10.8. The van der Waals surface area contributed by atoms with Crippen LogP contribution in [0.2, 0.25) is 0 Å². The zero-order valence-electron chi connectivity index (χ0n) is 24.8. The van der Waals surface area contributed by atoms with Crippen molar-refractivity contribution in [2.45, 2.75) is 33.6 Å². The second-order valence-electron chi connectivity index (χ2n) is 9.37. The lowest BCUT2D eigenvalue weighted by atomic mass is 10.3. The van der Waals surface area contributed by atoms with Crippen LogP contribution in [0.5, 0.6) is 0 Å². The second kappa shape index (κ2) is 20.3. The number of esters is 2. The van der Waals surface area contributed by atoms with Gasteiger partial charge in [-0.15, -0.1) is 0 Å². The number of anilines is 1. The molecule has 0 saturated carbocycles. The number of benzene rings is 1. The van der Waals surface area contributed by atoms with Crippen LogP contribution in [0.4, 0.5) is 20.1 Å². The number of hydrogen-bond acceptors (Lipinski definition) is 7. The molecule has 6 amide bonds. The molecule has 0 aliphatic carbocycles. The predicted molar refractivity (Wildman–Crippen MR) is 160 cm³/mol. The average Bonchev–Trinajstić information content (AvgIpc) is 2.96. The Hall–Kier alpha value is -4.55. The van der Waals surface area contributed by atoms with Gasteiger partial charge in [0.15, 0.2) is 0 Å². The Kier molecular flexibility index (Phi) is 17.2. The Morgan fingerprint density at radius 2 is 1.24 bits per heavy atom. The summed E-state index contributed by atoms with van der Waals surface area (Å²) in [5.74, 6) is -1.06. The van der Waals surface area contributed by atoms with Crippen molar-refractivity contribution < 1.29 is 33.4 Å². The highest BCUT2D eigenvalue weighted by Crippen LogP contribution is 2.07. The molecule has 1 rings (SSSR count). The lowest BCUT2D eigenvalue weighted by Gasteiger charge is -2.28. The average molecular weight is 589 g/mol. The van der Waals surface area contributed by atoms with Gasteiger partial charge in [-0.2, -0.15) is 0 Å². The Labute approximate surface area is 247 Å². The Bertz CT molecular complexity index is 1060. The van der Waals surface area contributed by atoms with Crippen molar-refractivity contribution in [3.63, 3.8) is 0 Å². The van der Waals surface area contributed by atoms with Crippen LogP contribution in [-0.4, -0.2) is 98.9 Å². The molecule has 4 N–H and O–H groups in total. The van der Waals surface area contributed by atoms with Crippen molar-refractivity contribution in [1.29, 1.82) is 0 Å². The van der Waals surface area contributed by atoms with Crippen molar-refractivity contribution in [3.8, 4) is 0 Å². The minimum atomic E-state index is -0.537. The molecule has 0 heterocycles. The fourth-order valence-electron chi connectivity index (χ4n) is 3.28. The van der Waals surface area contributed by atoms with E-state index in [1.54, 1.807) is 36.1 Å². The lowest BCUT2D eigenvalue weighted by molar-refractivity contribution is -0.139. The first kappa shape index (κ1) is 35.5. The minimum absolute atomic E-state index is 0.00327. The molecule has 13 nitrogen and oxygen atoms in total. The van der Waals surface area contributed by atoms with E-state index in [9.17, 15) is 24.0 Å². The molecule has 0 fully saturated rings. The molecule has 0 aliphatic rings. The van der Waals surface area contributed by atoms with Gasteiger partial charge in [-0.1, -0.05) is 44.7 Å². The van der Waals surface area contributed by atoms with Crippen LogP contribution in [0.25, 0.3) is 0 Å². The van der Waals surface area contributed by atoms with Crippen LogP contribution < -0.4 is 21.3 Å². The summed E-state index contributed by atoms with van der Waals surface area (Å²) in [6.45, 7) is 13.5. The van der Waals surface area contributed by atoms with Crippen LogP contribution >= 0.6 is 0 Å². The number of carbonyl (C=O) groups is 5. The van der Waals surface area contributed by atoms with E-state index < -0.39 is 24.0 Å². The van der Waals surface area contributed by atoms with Crippen LogP contribution in [0.15, 0.2) is 54.6 Å². The van der Waals surface area contributed by atoms with E-state index in [1.807, 2.05) is 13.0 Å². The standard InChI is InChI=1S/C29H44N6O7/c1-6-7-16-34(28(39)32-15-21-42-26(37)23(4)5)18-19-35(29(40)33-24-11-9-8-10-12-24)17-13-30-27(38)31-14-20-41-25(36)22(2)3/h8-12H,2,4,6-7,13-21H2,1,3,5H3,(H,32,39)(H,33,40)(H2,30,31,38). The molecule has 1 aromatic rings. The molecule has 0 unspecified atom stereocenters. The topological polar surface area (TPSA) is 158 Å². The quantitative estimate of drug-likeness (QED) is 0.117. The normalized spacial score (nSPS) is 10.1. The largest absolute Gasteiger partial charge is 0.460 e. The van der Waals surface area contributed by atoms with Crippen LogP contribution in [-0.2, 0) is 19.1 Å². The number of nitrogens with zero attached hydrogens (tertiary/aromatic N) is 2. The molecule has 0 spiro atoms. The molecular formula is C29H44N6O7. The van der Waals surface area contributed by atoms with Gasteiger partial charge in [0.25, 0.3) is 0 Å². The first-order chi connectivity index (χ1) is 20.0. The summed E-state index contributed by atoms with van der Waals surface area (Å²) in [6, 6.07) is 7.71. The van der Waals surface area contributed by atoms with E-state index in [-0.39, 0.29) is 69.7 Å². The van der Waals surface area contributed by atoms with E-state index in [4.69, 9.17) is 9.47 Å². The Balaban J connectivity index is 2.71. The van der Waals surface area contributed by atoms with Gasteiger partial charge in [-0.25, -0.2) is 24.0 Å². The SMILES string of the molecule is C=C(C)C(=O)OCCNC(=O)NCCN(CCN(CCCC)C(=O)NCCOC(=O)C(=C)C)C(=O)Nc1ccccc1. The van der Waals surface area contributed by atoms with E-state index >= 15 is 0 Å². The number of carbonyl (C=O) groups excluding carboxylic acids is 5.